The van der Waals surface area contributed by atoms with Crippen molar-refractivity contribution in [2.45, 2.75) is 57.9 Å². The lowest BCUT2D eigenvalue weighted by atomic mass is 9.93. The van der Waals surface area contributed by atoms with Gasteiger partial charge < -0.3 is 9.64 Å². The molecule has 2 fully saturated rings. The number of nitrogens with zero attached hydrogens (tertiary/aromatic N) is 2. The van der Waals surface area contributed by atoms with Crippen LogP contribution in [-0.2, 0) is 11.3 Å². The van der Waals surface area contributed by atoms with Crippen molar-refractivity contribution in [2.75, 3.05) is 39.9 Å². The first kappa shape index (κ1) is 20.3. The molecule has 0 bridgehead atoms. The summed E-state index contributed by atoms with van der Waals surface area (Å²) in [4.78, 5) is 17.7. The Morgan fingerprint density at radius 3 is 2.70 bits per heavy atom. The van der Waals surface area contributed by atoms with Gasteiger partial charge in [0, 0.05) is 38.9 Å². The van der Waals surface area contributed by atoms with E-state index in [-0.39, 0.29) is 5.91 Å². The number of hydrogen-bond donors (Lipinski definition) is 0. The van der Waals surface area contributed by atoms with Gasteiger partial charge in [-0.25, -0.2) is 0 Å². The largest absolute Gasteiger partial charge is 0.385 e. The van der Waals surface area contributed by atoms with Gasteiger partial charge in [-0.15, -0.1) is 0 Å². The molecule has 1 amide bonds. The highest BCUT2D eigenvalue weighted by molar-refractivity contribution is 5.94. The van der Waals surface area contributed by atoms with Crippen molar-refractivity contribution in [3.63, 3.8) is 0 Å². The van der Waals surface area contributed by atoms with Crippen molar-refractivity contribution >= 4 is 5.91 Å². The van der Waals surface area contributed by atoms with Crippen LogP contribution in [0.1, 0.15) is 67.3 Å². The number of methoxy groups -OCH3 is 1. The van der Waals surface area contributed by atoms with Crippen LogP contribution in [0.4, 0.5) is 0 Å². The predicted molar refractivity (Wildman–Crippen MR) is 110 cm³/mol. The zero-order valence-electron chi connectivity index (χ0n) is 17.0. The van der Waals surface area contributed by atoms with Crippen molar-refractivity contribution in [2.24, 2.45) is 5.92 Å². The Bertz CT molecular complexity index is 581. The van der Waals surface area contributed by atoms with E-state index >= 15 is 0 Å². The molecular weight excluding hydrogens is 336 g/mol. The molecule has 2 aliphatic rings. The van der Waals surface area contributed by atoms with E-state index in [4.69, 9.17) is 4.74 Å². The van der Waals surface area contributed by atoms with Crippen LogP contribution in [0, 0.1) is 5.92 Å². The number of hydrogen-bond acceptors (Lipinski definition) is 3. The van der Waals surface area contributed by atoms with Crippen LogP contribution in [0.5, 0.6) is 0 Å². The molecule has 0 unspecified atom stereocenters. The standard InChI is InChI=1S/C23H36N2O2/c1-27-16-8-11-20-10-7-15-25(19-20)23(26)22-12-6-9-21(17-22)18-24-13-4-2-3-5-14-24/h6,9,12,17,20H,2-5,7-8,10-11,13-16,18-19H2,1H3/t20-/m0/s1. The van der Waals surface area contributed by atoms with Crippen LogP contribution < -0.4 is 0 Å². The fourth-order valence-electron chi connectivity index (χ4n) is 4.54. The van der Waals surface area contributed by atoms with E-state index in [2.05, 4.69) is 28.0 Å². The van der Waals surface area contributed by atoms with Gasteiger partial charge in [0.2, 0.25) is 0 Å². The first-order chi connectivity index (χ1) is 13.3. The van der Waals surface area contributed by atoms with Gasteiger partial charge in [-0.2, -0.15) is 0 Å². The van der Waals surface area contributed by atoms with Crippen LogP contribution in [0.25, 0.3) is 0 Å². The predicted octanol–water partition coefficient (Wildman–Crippen LogP) is 4.34. The Morgan fingerprint density at radius 2 is 1.93 bits per heavy atom. The molecule has 0 aromatic heterocycles. The summed E-state index contributed by atoms with van der Waals surface area (Å²) in [7, 11) is 1.76. The number of piperidine rings is 1. The molecule has 1 aromatic carbocycles. The summed E-state index contributed by atoms with van der Waals surface area (Å²) in [6.07, 6.45) is 9.93. The number of amides is 1. The summed E-state index contributed by atoms with van der Waals surface area (Å²) >= 11 is 0. The van der Waals surface area contributed by atoms with Crippen LogP contribution in [0.2, 0.25) is 0 Å². The molecule has 0 radical (unpaired) electrons. The third-order valence-electron chi connectivity index (χ3n) is 6.05. The first-order valence-corrected chi connectivity index (χ1v) is 10.9. The topological polar surface area (TPSA) is 32.8 Å². The SMILES string of the molecule is COCCC[C@@H]1CCCN(C(=O)c2cccc(CN3CCCCCC3)c2)C1. The molecule has 1 atom stereocenters. The first-order valence-electron chi connectivity index (χ1n) is 10.9. The molecule has 2 saturated heterocycles. The fraction of sp³-hybridized carbons (Fsp3) is 0.696. The van der Waals surface area contributed by atoms with E-state index in [0.29, 0.717) is 5.92 Å². The fourth-order valence-corrected chi connectivity index (χ4v) is 4.54. The maximum absolute atomic E-state index is 13.1. The van der Waals surface area contributed by atoms with Gasteiger partial charge >= 0.3 is 0 Å². The molecule has 4 nitrogen and oxygen atoms in total. The minimum atomic E-state index is 0.212. The number of likely N-dealkylation sites (tertiary alicyclic amines) is 2. The minimum absolute atomic E-state index is 0.212. The van der Waals surface area contributed by atoms with Crippen LogP contribution in [0.3, 0.4) is 0 Å². The van der Waals surface area contributed by atoms with E-state index in [0.717, 1.165) is 51.1 Å². The molecular formula is C23H36N2O2. The lowest BCUT2D eigenvalue weighted by Gasteiger charge is -2.33. The monoisotopic (exact) mass is 372 g/mol. The summed E-state index contributed by atoms with van der Waals surface area (Å²) in [5.41, 5.74) is 2.14. The van der Waals surface area contributed by atoms with Crippen molar-refractivity contribution in [3.05, 3.63) is 35.4 Å². The number of carbonyl (C=O) groups excluding carboxylic acids is 1. The smallest absolute Gasteiger partial charge is 0.253 e. The summed E-state index contributed by atoms with van der Waals surface area (Å²) in [6.45, 7) is 5.97. The molecule has 0 spiro atoms. The highest BCUT2D eigenvalue weighted by Crippen LogP contribution is 2.23. The molecule has 2 aliphatic heterocycles. The van der Waals surface area contributed by atoms with Gasteiger partial charge in [-0.05, 0) is 75.2 Å². The summed E-state index contributed by atoms with van der Waals surface area (Å²) < 4.78 is 5.18. The van der Waals surface area contributed by atoms with Gasteiger partial charge in [-0.3, -0.25) is 9.69 Å². The number of benzene rings is 1. The van der Waals surface area contributed by atoms with Gasteiger partial charge in [0.15, 0.2) is 0 Å². The highest BCUT2D eigenvalue weighted by Gasteiger charge is 2.24. The van der Waals surface area contributed by atoms with Gasteiger partial charge in [0.25, 0.3) is 5.91 Å². The van der Waals surface area contributed by atoms with Gasteiger partial charge in [0.05, 0.1) is 0 Å². The van der Waals surface area contributed by atoms with E-state index in [1.165, 1.54) is 50.8 Å². The zero-order valence-corrected chi connectivity index (χ0v) is 17.0. The molecule has 0 aliphatic carbocycles. The summed E-state index contributed by atoms with van der Waals surface area (Å²) in [5, 5.41) is 0. The third-order valence-corrected chi connectivity index (χ3v) is 6.05. The normalized spacial score (nSPS) is 21.8. The summed E-state index contributed by atoms with van der Waals surface area (Å²) in [5.74, 6) is 0.835. The molecule has 27 heavy (non-hydrogen) atoms. The Kier molecular flexibility index (Phi) is 8.15. The van der Waals surface area contributed by atoms with Crippen molar-refractivity contribution in [3.8, 4) is 0 Å². The molecule has 4 heteroatoms. The molecule has 150 valence electrons. The second-order valence-electron chi connectivity index (χ2n) is 8.29. The minimum Gasteiger partial charge on any atom is -0.385 e. The van der Waals surface area contributed by atoms with E-state index in [1.54, 1.807) is 7.11 Å². The molecule has 2 heterocycles. The van der Waals surface area contributed by atoms with Crippen molar-refractivity contribution < 1.29 is 9.53 Å². The second kappa shape index (κ2) is 10.8. The Balaban J connectivity index is 1.57. The van der Waals surface area contributed by atoms with E-state index in [1.807, 2.05) is 6.07 Å². The number of carbonyl (C=O) groups is 1. The average molecular weight is 373 g/mol. The molecule has 0 N–H and O–H groups in total. The Morgan fingerprint density at radius 1 is 1.11 bits per heavy atom. The van der Waals surface area contributed by atoms with Crippen LogP contribution in [-0.4, -0.2) is 55.6 Å². The maximum atomic E-state index is 13.1. The lowest BCUT2D eigenvalue weighted by molar-refractivity contribution is 0.0660. The highest BCUT2D eigenvalue weighted by atomic mass is 16.5. The van der Waals surface area contributed by atoms with Crippen molar-refractivity contribution in [1.29, 1.82) is 0 Å². The second-order valence-corrected chi connectivity index (χ2v) is 8.29. The Hall–Kier alpha value is -1.39. The molecule has 1 aromatic rings. The lowest BCUT2D eigenvalue weighted by Crippen LogP contribution is -2.40. The van der Waals surface area contributed by atoms with E-state index < -0.39 is 0 Å². The Labute approximate surface area is 164 Å². The molecule has 0 saturated carbocycles. The quantitative estimate of drug-likeness (QED) is 0.668. The van der Waals surface area contributed by atoms with Gasteiger partial charge in [-0.1, -0.05) is 25.0 Å². The van der Waals surface area contributed by atoms with Crippen molar-refractivity contribution in [1.82, 2.24) is 9.80 Å². The maximum Gasteiger partial charge on any atom is 0.253 e. The number of rotatable bonds is 7. The zero-order chi connectivity index (χ0) is 18.9. The average Bonchev–Trinajstić information content (AvgIpc) is 2.97. The number of ether oxygens (including phenoxy) is 1. The van der Waals surface area contributed by atoms with Crippen LogP contribution >= 0.6 is 0 Å². The van der Waals surface area contributed by atoms with E-state index in [9.17, 15) is 4.79 Å². The van der Waals surface area contributed by atoms with Crippen LogP contribution in [0.15, 0.2) is 24.3 Å². The summed E-state index contributed by atoms with van der Waals surface area (Å²) in [6, 6.07) is 8.34. The van der Waals surface area contributed by atoms with Gasteiger partial charge in [0.1, 0.15) is 0 Å². The third kappa shape index (κ3) is 6.32. The molecule has 3 rings (SSSR count).